The monoisotopic (exact) mass is 256 g/mol. The van der Waals surface area contributed by atoms with Gasteiger partial charge in [-0.1, -0.05) is 0 Å². The lowest BCUT2D eigenvalue weighted by atomic mass is 10.1. The molecule has 0 spiro atoms. The minimum absolute atomic E-state index is 0.0574. The predicted octanol–water partition coefficient (Wildman–Crippen LogP) is 1.58. The average Bonchev–Trinajstić information content (AvgIpc) is 2.75. The highest BCUT2D eigenvalue weighted by atomic mass is 19.1. The molecule has 5 heteroatoms. The Labute approximate surface area is 107 Å². The molecule has 1 unspecified atom stereocenters. The first-order valence-corrected chi connectivity index (χ1v) is 6.17. The van der Waals surface area contributed by atoms with Crippen LogP contribution in [-0.2, 0) is 9.59 Å². The molecule has 0 radical (unpaired) electrons. The van der Waals surface area contributed by atoms with Gasteiger partial charge in [0.2, 0.25) is 5.91 Å². The summed E-state index contributed by atoms with van der Waals surface area (Å²) in [5, 5.41) is 0. The van der Waals surface area contributed by atoms with E-state index in [0.29, 0.717) is 18.7 Å². The summed E-state index contributed by atoms with van der Waals surface area (Å²) in [5.41, 5.74) is 0.392. The Bertz CT molecular complexity index is 375. The number of carbonyl (C=O) groups excluding carboxylic acids is 2. The largest absolute Gasteiger partial charge is 0.343 e. The number of hydrogen-bond donors (Lipinski definition) is 0. The lowest BCUT2D eigenvalue weighted by Crippen LogP contribution is -2.34. The number of rotatable bonds is 3. The summed E-state index contributed by atoms with van der Waals surface area (Å²) in [6.07, 6.45) is 0.869. The van der Waals surface area contributed by atoms with E-state index in [4.69, 9.17) is 0 Å². The molecular weight excluding hydrogens is 235 g/mol. The van der Waals surface area contributed by atoms with E-state index in [1.54, 1.807) is 32.7 Å². The summed E-state index contributed by atoms with van der Waals surface area (Å²) in [5.74, 6) is -0.954. The van der Waals surface area contributed by atoms with Crippen molar-refractivity contribution in [3.63, 3.8) is 0 Å². The maximum absolute atomic E-state index is 13.5. The Balaban J connectivity index is 2.52. The van der Waals surface area contributed by atoms with Crippen LogP contribution in [0, 0.1) is 5.92 Å². The van der Waals surface area contributed by atoms with Crippen LogP contribution in [0.2, 0.25) is 0 Å². The van der Waals surface area contributed by atoms with E-state index in [2.05, 4.69) is 0 Å². The third-order valence-electron chi connectivity index (χ3n) is 3.24. The first-order chi connectivity index (χ1) is 8.32. The van der Waals surface area contributed by atoms with E-state index in [1.807, 2.05) is 0 Å². The summed E-state index contributed by atoms with van der Waals surface area (Å²) < 4.78 is 13.5. The molecule has 1 aliphatic rings. The van der Waals surface area contributed by atoms with Crippen molar-refractivity contribution in [2.45, 2.75) is 27.2 Å². The summed E-state index contributed by atoms with van der Waals surface area (Å²) in [7, 11) is 1.60. The fraction of sp³-hybridized carbons (Fsp3) is 0.692. The molecule has 1 atom stereocenters. The van der Waals surface area contributed by atoms with Gasteiger partial charge in [0, 0.05) is 33.6 Å². The van der Waals surface area contributed by atoms with Gasteiger partial charge >= 0.3 is 0 Å². The highest BCUT2D eigenvalue weighted by Gasteiger charge is 2.27. The van der Waals surface area contributed by atoms with Gasteiger partial charge in [-0.15, -0.1) is 0 Å². The number of allylic oxidation sites excluding steroid dienone is 1. The number of hydrogen-bond acceptors (Lipinski definition) is 2. The molecule has 0 aliphatic carbocycles. The number of amides is 2. The molecule has 18 heavy (non-hydrogen) atoms. The topological polar surface area (TPSA) is 40.6 Å². The van der Waals surface area contributed by atoms with Crippen molar-refractivity contribution in [2.75, 3.05) is 26.7 Å². The summed E-state index contributed by atoms with van der Waals surface area (Å²) in [6, 6.07) is 0. The van der Waals surface area contributed by atoms with Crippen LogP contribution in [-0.4, -0.2) is 48.3 Å². The first-order valence-electron chi connectivity index (χ1n) is 6.17. The minimum Gasteiger partial charge on any atom is -0.343 e. The normalized spacial score (nSPS) is 18.7. The maximum Gasteiger partial charge on any atom is 0.282 e. The molecule has 1 fully saturated rings. The van der Waals surface area contributed by atoms with Crippen molar-refractivity contribution >= 4 is 11.8 Å². The van der Waals surface area contributed by atoms with Crippen LogP contribution >= 0.6 is 0 Å². The van der Waals surface area contributed by atoms with Gasteiger partial charge in [0.05, 0.1) is 0 Å². The summed E-state index contributed by atoms with van der Waals surface area (Å²) in [6.45, 7) is 6.57. The number of halogens is 1. The molecule has 0 N–H and O–H groups in total. The minimum atomic E-state index is -0.682. The molecule has 1 rings (SSSR count). The molecule has 1 aliphatic heterocycles. The highest BCUT2D eigenvalue weighted by molar-refractivity contribution is 5.91. The molecule has 1 saturated heterocycles. The predicted molar refractivity (Wildman–Crippen MR) is 67.5 cm³/mol. The van der Waals surface area contributed by atoms with Gasteiger partial charge in [-0.2, -0.15) is 0 Å². The highest BCUT2D eigenvalue weighted by Crippen LogP contribution is 2.18. The smallest absolute Gasteiger partial charge is 0.282 e. The Morgan fingerprint density at radius 3 is 2.39 bits per heavy atom. The van der Waals surface area contributed by atoms with Gasteiger partial charge in [0.1, 0.15) is 0 Å². The number of likely N-dealkylation sites (tertiary alicyclic amines) is 1. The van der Waals surface area contributed by atoms with Crippen molar-refractivity contribution in [1.82, 2.24) is 9.80 Å². The molecule has 0 aromatic rings. The second-order valence-corrected chi connectivity index (χ2v) is 5.12. The van der Waals surface area contributed by atoms with Crippen molar-refractivity contribution in [3.8, 4) is 0 Å². The van der Waals surface area contributed by atoms with E-state index >= 15 is 0 Å². The zero-order valence-corrected chi connectivity index (χ0v) is 11.5. The second kappa shape index (κ2) is 5.98. The van der Waals surface area contributed by atoms with Gasteiger partial charge in [-0.25, -0.2) is 4.39 Å². The Morgan fingerprint density at radius 2 is 1.94 bits per heavy atom. The first kappa shape index (κ1) is 14.7. The molecule has 1 heterocycles. The Hall–Kier alpha value is -1.39. The molecule has 4 nitrogen and oxygen atoms in total. The van der Waals surface area contributed by atoms with E-state index in [1.165, 1.54) is 4.90 Å². The van der Waals surface area contributed by atoms with Crippen LogP contribution in [0.25, 0.3) is 0 Å². The quantitative estimate of drug-likeness (QED) is 0.719. The lowest BCUT2D eigenvalue weighted by molar-refractivity contribution is -0.128. The molecule has 0 saturated carbocycles. The fourth-order valence-corrected chi connectivity index (χ4v) is 2.12. The molecule has 0 aromatic carbocycles. The van der Waals surface area contributed by atoms with Gasteiger partial charge in [0.15, 0.2) is 5.83 Å². The van der Waals surface area contributed by atoms with E-state index in [9.17, 15) is 14.0 Å². The molecule has 102 valence electrons. The van der Waals surface area contributed by atoms with Crippen molar-refractivity contribution in [3.05, 3.63) is 11.4 Å². The number of nitrogens with zero attached hydrogens (tertiary/aromatic N) is 2. The zero-order chi connectivity index (χ0) is 13.9. The van der Waals surface area contributed by atoms with Crippen molar-refractivity contribution in [2.24, 2.45) is 5.92 Å². The van der Waals surface area contributed by atoms with Gasteiger partial charge in [0.25, 0.3) is 5.91 Å². The standard InChI is InChI=1S/C13H21FN2O2/c1-9(2)12(14)13(18)15(4)7-11-5-6-16(8-11)10(3)17/h11H,5-8H2,1-4H3. The molecular formula is C13H21FN2O2. The molecule has 0 bridgehead atoms. The zero-order valence-electron chi connectivity index (χ0n) is 11.5. The van der Waals surface area contributed by atoms with Crippen LogP contribution in [0.4, 0.5) is 4.39 Å². The maximum atomic E-state index is 13.5. The molecule has 0 aromatic heterocycles. The van der Waals surface area contributed by atoms with E-state index in [0.717, 1.165) is 13.0 Å². The van der Waals surface area contributed by atoms with E-state index in [-0.39, 0.29) is 11.8 Å². The number of likely N-dealkylation sites (N-methyl/N-ethyl adjacent to an activating group) is 1. The second-order valence-electron chi connectivity index (χ2n) is 5.12. The Kier molecular flexibility index (Phi) is 4.87. The van der Waals surface area contributed by atoms with Crippen molar-refractivity contribution in [1.29, 1.82) is 0 Å². The fourth-order valence-electron chi connectivity index (χ4n) is 2.12. The van der Waals surface area contributed by atoms with E-state index < -0.39 is 11.7 Å². The third-order valence-corrected chi connectivity index (χ3v) is 3.24. The van der Waals surface area contributed by atoms with Crippen molar-refractivity contribution < 1.29 is 14.0 Å². The van der Waals surface area contributed by atoms with Crippen LogP contribution in [0.3, 0.4) is 0 Å². The van der Waals surface area contributed by atoms with Gasteiger partial charge in [-0.05, 0) is 31.8 Å². The van der Waals surface area contributed by atoms with Crippen LogP contribution in [0.1, 0.15) is 27.2 Å². The van der Waals surface area contributed by atoms with Crippen LogP contribution in [0.5, 0.6) is 0 Å². The average molecular weight is 256 g/mol. The molecule has 2 amide bonds. The van der Waals surface area contributed by atoms with Crippen LogP contribution < -0.4 is 0 Å². The number of carbonyl (C=O) groups is 2. The lowest BCUT2D eigenvalue weighted by Gasteiger charge is -2.21. The Morgan fingerprint density at radius 1 is 1.33 bits per heavy atom. The third kappa shape index (κ3) is 3.55. The summed E-state index contributed by atoms with van der Waals surface area (Å²) >= 11 is 0. The summed E-state index contributed by atoms with van der Waals surface area (Å²) in [4.78, 5) is 26.1. The van der Waals surface area contributed by atoms with Gasteiger partial charge in [-0.3, -0.25) is 9.59 Å². The van der Waals surface area contributed by atoms with Gasteiger partial charge < -0.3 is 9.80 Å². The SMILES string of the molecule is CC(=O)N1CCC(CN(C)C(=O)C(F)=C(C)C)C1. The van der Waals surface area contributed by atoms with Crippen LogP contribution in [0.15, 0.2) is 11.4 Å².